The smallest absolute Gasteiger partial charge is 0.355 e. The van der Waals surface area contributed by atoms with Crippen molar-refractivity contribution in [1.82, 2.24) is 4.98 Å². The highest BCUT2D eigenvalue weighted by Crippen LogP contribution is 2.36. The van der Waals surface area contributed by atoms with Gasteiger partial charge < -0.3 is 9.84 Å². The number of aromatic nitrogens is 1. The molecule has 0 saturated heterocycles. The van der Waals surface area contributed by atoms with Crippen LogP contribution in [-0.4, -0.2) is 16.1 Å². The molecular formula is C33H22N2O3. The van der Waals surface area contributed by atoms with Crippen molar-refractivity contribution in [2.75, 3.05) is 0 Å². The molecule has 1 N–H and O–H groups in total. The molecule has 0 amide bonds. The summed E-state index contributed by atoms with van der Waals surface area (Å²) in [6.07, 6.45) is 6.27. The molecule has 6 rings (SSSR count). The van der Waals surface area contributed by atoms with E-state index in [1.165, 1.54) is 11.1 Å². The molecular weight excluding hydrogens is 472 g/mol. The van der Waals surface area contributed by atoms with Crippen LogP contribution < -0.4 is 4.74 Å². The molecule has 0 fully saturated rings. The molecule has 5 heteroatoms. The monoisotopic (exact) mass is 494 g/mol. The normalized spacial score (nSPS) is 10.5. The van der Waals surface area contributed by atoms with Gasteiger partial charge in [-0.15, -0.1) is 6.42 Å². The van der Waals surface area contributed by atoms with Crippen molar-refractivity contribution >= 4 is 16.9 Å². The molecule has 1 heterocycles. The first kappa shape index (κ1) is 24.3. The molecule has 5 nitrogen and oxygen atoms in total. The first-order valence-electron chi connectivity index (χ1n) is 12.0. The molecule has 1 aromatic heterocycles. The maximum absolute atomic E-state index is 11.9. The number of fused-ring (bicyclic) bond motifs is 2. The van der Waals surface area contributed by atoms with Gasteiger partial charge in [0.25, 0.3) is 0 Å². The van der Waals surface area contributed by atoms with Gasteiger partial charge in [-0.3, -0.25) is 0 Å². The third-order valence-corrected chi connectivity index (χ3v) is 6.22. The Labute approximate surface area is 220 Å². The third-order valence-electron chi connectivity index (χ3n) is 6.22. The Morgan fingerprint density at radius 2 is 1.55 bits per heavy atom. The van der Waals surface area contributed by atoms with E-state index in [1.54, 1.807) is 6.07 Å². The first-order chi connectivity index (χ1) is 18.6. The van der Waals surface area contributed by atoms with Gasteiger partial charge in [-0.05, 0) is 46.4 Å². The Bertz CT molecular complexity index is 1710. The first-order valence-corrected chi connectivity index (χ1v) is 12.0. The van der Waals surface area contributed by atoms with Crippen LogP contribution in [0, 0.1) is 23.7 Å². The van der Waals surface area contributed by atoms with E-state index >= 15 is 0 Å². The maximum Gasteiger partial charge on any atom is 0.355 e. The minimum absolute atomic E-state index is 0.0605. The number of carboxylic acids is 1. The number of nitriles is 1. The van der Waals surface area contributed by atoms with Crippen LogP contribution in [0.15, 0.2) is 97.1 Å². The van der Waals surface area contributed by atoms with Crippen LogP contribution in [0.2, 0.25) is 0 Å². The van der Waals surface area contributed by atoms with Gasteiger partial charge in [0.1, 0.15) is 24.0 Å². The van der Waals surface area contributed by atoms with Gasteiger partial charge in [0.2, 0.25) is 0 Å². The Morgan fingerprint density at radius 3 is 2.08 bits per heavy atom. The van der Waals surface area contributed by atoms with Crippen LogP contribution in [0.4, 0.5) is 0 Å². The number of nitrogens with zero attached hydrogens (tertiary/aromatic N) is 2. The summed E-state index contributed by atoms with van der Waals surface area (Å²) in [7, 11) is 0. The van der Waals surface area contributed by atoms with E-state index in [1.807, 2.05) is 66.7 Å². The van der Waals surface area contributed by atoms with Gasteiger partial charge in [0.05, 0.1) is 11.1 Å². The number of aromatic carboxylic acids is 1. The van der Waals surface area contributed by atoms with E-state index in [2.05, 4.69) is 41.2 Å². The molecule has 0 unspecified atom stereocenters. The van der Waals surface area contributed by atoms with Crippen molar-refractivity contribution in [2.45, 2.75) is 13.0 Å². The topological polar surface area (TPSA) is 83.2 Å². The van der Waals surface area contributed by atoms with E-state index in [4.69, 9.17) is 11.2 Å². The average molecular weight is 495 g/mol. The zero-order valence-corrected chi connectivity index (χ0v) is 20.4. The highest BCUT2D eigenvalue weighted by molar-refractivity contribution is 6.00. The van der Waals surface area contributed by atoms with Crippen molar-refractivity contribution in [3.05, 3.63) is 131 Å². The molecule has 4 aromatic rings. The molecule has 0 atom stereocenters. The maximum atomic E-state index is 11.9. The summed E-state index contributed by atoms with van der Waals surface area (Å²) in [5, 5.41) is 19.9. The fraction of sp³-hybridized carbons (Fsp3) is 0.0606. The number of carbonyl (C=O) groups is 1. The fourth-order valence-corrected chi connectivity index (χ4v) is 4.29. The lowest BCUT2D eigenvalue weighted by molar-refractivity contribution is 0.0690. The Kier molecular flexibility index (Phi) is 6.85. The third kappa shape index (κ3) is 5.09. The van der Waals surface area contributed by atoms with Gasteiger partial charge in [-0.1, -0.05) is 90.8 Å². The molecule has 2 aliphatic carbocycles. The van der Waals surface area contributed by atoms with Gasteiger partial charge >= 0.3 is 5.97 Å². The van der Waals surface area contributed by atoms with E-state index in [0.29, 0.717) is 11.8 Å². The second-order valence-electron chi connectivity index (χ2n) is 8.74. The fourth-order valence-electron chi connectivity index (χ4n) is 4.29. The summed E-state index contributed by atoms with van der Waals surface area (Å²) in [6.45, 7) is 0.190. The van der Waals surface area contributed by atoms with Gasteiger partial charge in [0.15, 0.2) is 5.69 Å². The van der Waals surface area contributed by atoms with Crippen LogP contribution >= 0.6 is 0 Å². The molecule has 2 aliphatic rings. The summed E-state index contributed by atoms with van der Waals surface area (Å²) in [6, 6.07) is 33.4. The van der Waals surface area contributed by atoms with Crippen molar-refractivity contribution in [3.8, 4) is 35.3 Å². The number of hydrogen-bond acceptors (Lipinski definition) is 4. The molecule has 3 aromatic carbocycles. The lowest BCUT2D eigenvalue weighted by Crippen LogP contribution is -2.10. The molecule has 182 valence electrons. The predicted octanol–water partition coefficient (Wildman–Crippen LogP) is 6.62. The lowest BCUT2D eigenvalue weighted by atomic mass is 9.95. The predicted molar refractivity (Wildman–Crippen MR) is 147 cm³/mol. The lowest BCUT2D eigenvalue weighted by Gasteiger charge is -2.17. The number of terminal acetylenes is 1. The van der Waals surface area contributed by atoms with E-state index < -0.39 is 5.97 Å². The standard InChI is InChI=1S/C27H18N2O3.C6H4/c1-2-22-25(27(30)31)29-24-21(16-28)14-13-20(15-18-9-5-3-6-10-18)23(24)26(22)32-17-19-11-7-4-8-12-19;1-2-5-4-6(5)3-1/h1,3-14H,15,17H2,(H,30,31);1-4H. The second kappa shape index (κ2) is 10.7. The summed E-state index contributed by atoms with van der Waals surface area (Å²) in [5.74, 6) is 1.43. The Balaban J connectivity index is 0.000000424. The number of benzene rings is 4. The van der Waals surface area contributed by atoms with Crippen LogP contribution in [0.3, 0.4) is 0 Å². The summed E-state index contributed by atoms with van der Waals surface area (Å²) < 4.78 is 6.14. The van der Waals surface area contributed by atoms with Crippen molar-refractivity contribution < 1.29 is 14.6 Å². The Hall–Kier alpha value is -5.39. The van der Waals surface area contributed by atoms with Gasteiger partial charge in [-0.2, -0.15) is 5.26 Å². The van der Waals surface area contributed by atoms with Crippen LogP contribution in [0.25, 0.3) is 22.0 Å². The average Bonchev–Trinajstić information content (AvgIpc) is 3.56. The van der Waals surface area contributed by atoms with Gasteiger partial charge in [-0.25, -0.2) is 9.78 Å². The van der Waals surface area contributed by atoms with Gasteiger partial charge in [0, 0.05) is 5.39 Å². The Morgan fingerprint density at radius 1 is 0.895 bits per heavy atom. The zero-order chi connectivity index (χ0) is 26.5. The summed E-state index contributed by atoms with van der Waals surface area (Å²) in [5.41, 5.74) is 5.92. The second-order valence-corrected chi connectivity index (χ2v) is 8.74. The summed E-state index contributed by atoms with van der Waals surface area (Å²) in [4.78, 5) is 16.2. The summed E-state index contributed by atoms with van der Waals surface area (Å²) >= 11 is 0. The van der Waals surface area contributed by atoms with E-state index in [-0.39, 0.29) is 34.7 Å². The molecule has 0 radical (unpaired) electrons. The number of hydrogen-bond donors (Lipinski definition) is 1. The quantitative estimate of drug-likeness (QED) is 0.263. The number of rotatable bonds is 6. The van der Waals surface area contributed by atoms with E-state index in [9.17, 15) is 15.2 Å². The highest BCUT2D eigenvalue weighted by Gasteiger charge is 2.24. The largest absolute Gasteiger partial charge is 0.487 e. The van der Waals surface area contributed by atoms with Crippen LogP contribution in [0.5, 0.6) is 5.75 Å². The SMILES string of the molecule is C#Cc1c(C(=O)O)nc2c(C#N)ccc(Cc3ccccc3)c2c1OCc1ccccc1.c1cc2cc-2c1. The molecule has 38 heavy (non-hydrogen) atoms. The number of ether oxygens (including phenoxy) is 1. The van der Waals surface area contributed by atoms with Crippen molar-refractivity contribution in [3.63, 3.8) is 0 Å². The van der Waals surface area contributed by atoms with Crippen molar-refractivity contribution in [2.24, 2.45) is 0 Å². The minimum Gasteiger partial charge on any atom is -0.487 e. The molecule has 0 bridgehead atoms. The van der Waals surface area contributed by atoms with Crippen LogP contribution in [0.1, 0.15) is 38.3 Å². The number of pyridine rings is 1. The zero-order valence-electron chi connectivity index (χ0n) is 20.4. The van der Waals surface area contributed by atoms with E-state index in [0.717, 1.165) is 16.7 Å². The molecule has 0 saturated carbocycles. The molecule has 0 aliphatic heterocycles. The molecule has 0 spiro atoms. The van der Waals surface area contributed by atoms with Crippen molar-refractivity contribution in [1.29, 1.82) is 5.26 Å². The van der Waals surface area contributed by atoms with Crippen LogP contribution in [-0.2, 0) is 13.0 Å². The highest BCUT2D eigenvalue weighted by atomic mass is 16.5. The number of carboxylic acid groups (broad SMARTS) is 1. The minimum atomic E-state index is -1.28.